The first kappa shape index (κ1) is 27.0. The average Bonchev–Trinajstić information content (AvgIpc) is 3.51. The van der Waals surface area contributed by atoms with Gasteiger partial charge in [0.1, 0.15) is 11.2 Å². The number of aromatic nitrogens is 1. The van der Waals surface area contributed by atoms with Gasteiger partial charge in [0, 0.05) is 23.0 Å². The molecule has 0 aliphatic carbocycles. The van der Waals surface area contributed by atoms with Crippen LogP contribution in [0.1, 0.15) is 65.9 Å². The van der Waals surface area contributed by atoms with Gasteiger partial charge in [0.25, 0.3) is 0 Å². The zero-order valence-electron chi connectivity index (χ0n) is 22.4. The molecule has 3 heterocycles. The number of nitrogens with one attached hydrogen (secondary N) is 3. The van der Waals surface area contributed by atoms with Crippen LogP contribution < -0.4 is 16.0 Å². The summed E-state index contributed by atoms with van der Waals surface area (Å²) in [5.41, 5.74) is 1.34. The van der Waals surface area contributed by atoms with E-state index >= 15 is 4.39 Å². The summed E-state index contributed by atoms with van der Waals surface area (Å²) in [6.07, 6.45) is 0.530. The van der Waals surface area contributed by atoms with Gasteiger partial charge < -0.3 is 21.1 Å². The minimum atomic E-state index is -1.28. The van der Waals surface area contributed by atoms with E-state index in [-0.39, 0.29) is 27.7 Å². The highest BCUT2D eigenvalue weighted by Gasteiger charge is 2.66. The van der Waals surface area contributed by atoms with E-state index in [1.54, 1.807) is 25.1 Å². The quantitative estimate of drug-likeness (QED) is 0.355. The number of carboxylic acids is 1. The Balaban J connectivity index is 1.71. The normalized spacial score (nSPS) is 24.1. The van der Waals surface area contributed by atoms with E-state index in [0.29, 0.717) is 17.7 Å². The number of halogens is 1. The number of rotatable bonds is 5. The molecule has 2 unspecified atom stereocenters. The number of carboxylic acid groups (broad SMARTS) is 1. The molecule has 204 valence electrons. The van der Waals surface area contributed by atoms with Crippen molar-refractivity contribution < 1.29 is 23.9 Å². The fourth-order valence-electron chi connectivity index (χ4n) is 6.06. The number of aromatic carboxylic acids is 1. The van der Waals surface area contributed by atoms with Crippen molar-refractivity contribution in [3.05, 3.63) is 75.5 Å². The fourth-order valence-corrected chi connectivity index (χ4v) is 6.74. The molecule has 8 nitrogen and oxygen atoms in total. The highest BCUT2D eigenvalue weighted by atomic mass is 32.1. The van der Waals surface area contributed by atoms with Crippen LogP contribution in [0.15, 0.2) is 41.8 Å². The van der Waals surface area contributed by atoms with Gasteiger partial charge >= 0.3 is 5.97 Å². The van der Waals surface area contributed by atoms with Gasteiger partial charge in [-0.05, 0) is 54.0 Å². The number of aryl methyl sites for hydroxylation is 2. The Kier molecular flexibility index (Phi) is 6.59. The van der Waals surface area contributed by atoms with E-state index < -0.39 is 41.1 Å². The van der Waals surface area contributed by atoms with Crippen molar-refractivity contribution in [1.82, 2.24) is 10.3 Å². The molecule has 1 fully saturated rings. The zero-order valence-corrected chi connectivity index (χ0v) is 23.2. The largest absolute Gasteiger partial charge is 0.476 e. The number of fused-ring (bicyclic) bond motifs is 2. The van der Waals surface area contributed by atoms with Gasteiger partial charge in [-0.3, -0.25) is 9.59 Å². The van der Waals surface area contributed by atoms with Crippen LogP contribution in [0.5, 0.6) is 0 Å². The Labute approximate surface area is 230 Å². The predicted molar refractivity (Wildman–Crippen MR) is 148 cm³/mol. The maximum atomic E-state index is 15.9. The number of thiazole rings is 1. The van der Waals surface area contributed by atoms with Gasteiger partial charge in [0.05, 0.1) is 6.04 Å². The molecule has 2 aliphatic rings. The van der Waals surface area contributed by atoms with Crippen LogP contribution in [0.2, 0.25) is 0 Å². The molecule has 1 aromatic heterocycles. The first-order valence-corrected chi connectivity index (χ1v) is 13.6. The first-order valence-electron chi connectivity index (χ1n) is 12.8. The third-order valence-corrected chi connectivity index (χ3v) is 8.37. The Morgan fingerprint density at radius 3 is 2.62 bits per heavy atom. The number of nitrogens with zero attached hydrogens (tertiary/aromatic N) is 1. The Bertz CT molecular complexity index is 1500. The lowest BCUT2D eigenvalue weighted by Crippen LogP contribution is -2.49. The minimum absolute atomic E-state index is 0.114. The molecule has 5 rings (SSSR count). The molecule has 3 aromatic rings. The van der Waals surface area contributed by atoms with Crippen molar-refractivity contribution in [3.63, 3.8) is 0 Å². The molecule has 0 saturated carbocycles. The molecular formula is C29H31FN4O4S. The van der Waals surface area contributed by atoms with Crippen molar-refractivity contribution in [2.45, 2.75) is 64.5 Å². The van der Waals surface area contributed by atoms with Crippen LogP contribution in [0, 0.1) is 25.1 Å². The summed E-state index contributed by atoms with van der Waals surface area (Å²) in [6.45, 7) is 9.77. The van der Waals surface area contributed by atoms with Gasteiger partial charge in [-0.2, -0.15) is 0 Å². The summed E-state index contributed by atoms with van der Waals surface area (Å²) >= 11 is 0.988. The Hall–Kier alpha value is -3.63. The fraction of sp³-hybridized carbons (Fsp3) is 0.379. The van der Waals surface area contributed by atoms with Crippen molar-refractivity contribution >= 4 is 39.9 Å². The van der Waals surface area contributed by atoms with E-state index in [4.69, 9.17) is 0 Å². The number of hydrogen-bond donors (Lipinski definition) is 4. The van der Waals surface area contributed by atoms with Gasteiger partial charge in [-0.1, -0.05) is 51.1 Å². The van der Waals surface area contributed by atoms with Gasteiger partial charge in [0.15, 0.2) is 10.8 Å². The molecule has 1 spiro atoms. The monoisotopic (exact) mass is 550 g/mol. The van der Waals surface area contributed by atoms with Crippen LogP contribution >= 0.6 is 11.3 Å². The maximum Gasteiger partial charge on any atom is 0.355 e. The molecule has 39 heavy (non-hydrogen) atoms. The zero-order chi connectivity index (χ0) is 28.3. The third-order valence-electron chi connectivity index (χ3n) is 7.61. The molecule has 1 saturated heterocycles. The third kappa shape index (κ3) is 4.51. The Morgan fingerprint density at radius 1 is 1.21 bits per heavy atom. The summed E-state index contributed by atoms with van der Waals surface area (Å²) in [5, 5.41) is 19.9. The number of amides is 2. The number of carbonyl (C=O) groups is 3. The number of benzene rings is 2. The molecule has 2 aromatic carbocycles. The molecule has 0 bridgehead atoms. The number of anilines is 2. The molecule has 4 atom stereocenters. The summed E-state index contributed by atoms with van der Waals surface area (Å²) in [6, 6.07) is 9.24. The van der Waals surface area contributed by atoms with Crippen LogP contribution in [-0.4, -0.2) is 40.0 Å². The summed E-state index contributed by atoms with van der Waals surface area (Å²) in [4.78, 5) is 43.4. The second kappa shape index (κ2) is 9.53. The highest BCUT2D eigenvalue weighted by molar-refractivity contribution is 7.14. The lowest BCUT2D eigenvalue weighted by molar-refractivity contribution is -0.122. The van der Waals surface area contributed by atoms with Crippen LogP contribution in [0.4, 0.5) is 15.2 Å². The minimum Gasteiger partial charge on any atom is -0.476 e. The van der Waals surface area contributed by atoms with Gasteiger partial charge in [0.2, 0.25) is 11.8 Å². The van der Waals surface area contributed by atoms with Crippen molar-refractivity contribution in [3.8, 4) is 0 Å². The molecule has 2 aliphatic heterocycles. The van der Waals surface area contributed by atoms with Gasteiger partial charge in [-0.15, -0.1) is 11.3 Å². The molecule has 2 amide bonds. The topological polar surface area (TPSA) is 120 Å². The average molecular weight is 551 g/mol. The lowest BCUT2D eigenvalue weighted by atomic mass is 9.62. The molecule has 0 radical (unpaired) electrons. The molecule has 10 heteroatoms. The van der Waals surface area contributed by atoms with Crippen molar-refractivity contribution in [2.75, 3.05) is 10.6 Å². The lowest BCUT2D eigenvalue weighted by Gasteiger charge is -2.37. The molecule has 4 N–H and O–H groups in total. The van der Waals surface area contributed by atoms with E-state index in [1.807, 2.05) is 25.1 Å². The van der Waals surface area contributed by atoms with E-state index in [0.717, 1.165) is 22.5 Å². The highest BCUT2D eigenvalue weighted by Crippen LogP contribution is 2.57. The smallest absolute Gasteiger partial charge is 0.355 e. The van der Waals surface area contributed by atoms with Crippen LogP contribution in [-0.2, 0) is 15.0 Å². The predicted octanol–water partition coefficient (Wildman–Crippen LogP) is 4.99. The number of carbonyl (C=O) groups excluding carboxylic acids is 2. The molecular weight excluding hydrogens is 519 g/mol. The van der Waals surface area contributed by atoms with Crippen LogP contribution in [0.25, 0.3) is 0 Å². The summed E-state index contributed by atoms with van der Waals surface area (Å²) in [5.74, 6) is -3.37. The second-order valence-electron chi connectivity index (χ2n) is 11.6. The van der Waals surface area contributed by atoms with E-state index in [9.17, 15) is 19.5 Å². The summed E-state index contributed by atoms with van der Waals surface area (Å²) in [7, 11) is 0. The Morgan fingerprint density at radius 2 is 1.95 bits per heavy atom. The van der Waals surface area contributed by atoms with E-state index in [2.05, 4.69) is 41.7 Å². The van der Waals surface area contributed by atoms with E-state index in [1.165, 1.54) is 5.38 Å². The van der Waals surface area contributed by atoms with Crippen molar-refractivity contribution in [2.24, 2.45) is 5.41 Å². The number of hydrogen-bond acceptors (Lipinski definition) is 6. The van der Waals surface area contributed by atoms with Crippen molar-refractivity contribution in [1.29, 1.82) is 0 Å². The first-order chi connectivity index (χ1) is 18.3. The standard InChI is InChI=1S/C29H31FN4O4S/c1-14-9-10-17-18(11-14)31-26(38)29(17)20(12-28(3,4)5)33-23(21(29)16-8-6-7-15(2)22(16)30)24(35)34-27-32-19(13-39-27)25(36)37/h6-11,13,20-21,23,33H,12H2,1-5H3,(H,31,38)(H,36,37)(H,32,34,35)/t20?,21?,23-,29-/m1/s1. The second-order valence-corrected chi connectivity index (χ2v) is 12.5. The maximum absolute atomic E-state index is 15.9. The summed E-state index contributed by atoms with van der Waals surface area (Å²) < 4.78 is 15.9. The SMILES string of the molecule is Cc1ccc2c(c1)NC(=O)[C@@]21C(CC(C)(C)C)N[C@@H](C(=O)Nc2nc(C(=O)O)cs2)C1c1cccc(C)c1F. The van der Waals surface area contributed by atoms with Crippen LogP contribution in [0.3, 0.4) is 0 Å². The van der Waals surface area contributed by atoms with Gasteiger partial charge in [-0.25, -0.2) is 14.2 Å².